The van der Waals surface area contributed by atoms with Crippen LogP contribution in [0.25, 0.3) is 0 Å². The molecule has 7 nitrogen and oxygen atoms in total. The van der Waals surface area contributed by atoms with Gasteiger partial charge in [0.25, 0.3) is 5.91 Å². The van der Waals surface area contributed by atoms with Gasteiger partial charge in [-0.25, -0.2) is 4.79 Å². The van der Waals surface area contributed by atoms with Gasteiger partial charge in [0.15, 0.2) is 0 Å². The van der Waals surface area contributed by atoms with Crippen LogP contribution in [0.1, 0.15) is 23.2 Å². The Morgan fingerprint density at radius 1 is 1.29 bits per heavy atom. The van der Waals surface area contributed by atoms with Gasteiger partial charge in [0.05, 0.1) is 23.2 Å². The number of likely N-dealkylation sites (tertiary alicyclic amines) is 2. The second-order valence-electron chi connectivity index (χ2n) is 7.77. The maximum absolute atomic E-state index is 12.8. The van der Waals surface area contributed by atoms with Crippen LogP contribution in [-0.2, 0) is 9.53 Å². The summed E-state index contributed by atoms with van der Waals surface area (Å²) in [4.78, 5) is 26.0. The predicted octanol–water partition coefficient (Wildman–Crippen LogP) is 3.16. The van der Waals surface area contributed by atoms with E-state index in [0.29, 0.717) is 22.3 Å². The molecule has 2 heterocycles. The number of nitrogens with zero attached hydrogens (tertiary/aromatic N) is 2. The lowest BCUT2D eigenvalue weighted by atomic mass is 9.75. The number of piperidine rings is 1. The Bertz CT molecular complexity index is 800. The molecule has 2 aliphatic rings. The van der Waals surface area contributed by atoms with Gasteiger partial charge in [-0.3, -0.25) is 9.69 Å². The smallest absolute Gasteiger partial charge is 0.490 e. The first-order valence-electron chi connectivity index (χ1n) is 9.56. The number of likely N-dealkylation sites (N-methyl/N-ethyl adjacent to an activating group) is 1. The van der Waals surface area contributed by atoms with Crippen LogP contribution in [0.3, 0.4) is 0 Å². The fourth-order valence-electron chi connectivity index (χ4n) is 3.93. The van der Waals surface area contributed by atoms with E-state index in [1.165, 1.54) is 0 Å². The largest absolute Gasteiger partial charge is 0.497 e. The van der Waals surface area contributed by atoms with E-state index in [-0.39, 0.29) is 11.4 Å². The number of carbonyl (C=O) groups is 2. The molecule has 0 aliphatic carbocycles. The number of rotatable bonds is 4. The van der Waals surface area contributed by atoms with E-state index in [0.717, 1.165) is 39.1 Å². The van der Waals surface area contributed by atoms with Crippen molar-refractivity contribution in [3.05, 3.63) is 28.8 Å². The Balaban J connectivity index is 0.000000423. The Kier molecular flexibility index (Phi) is 8.18. The molecular formula is C20H26ClF3N2O5. The molecule has 1 aromatic carbocycles. The molecule has 2 aliphatic heterocycles. The first kappa shape index (κ1) is 25.2. The van der Waals surface area contributed by atoms with Gasteiger partial charge in [0, 0.05) is 26.8 Å². The summed E-state index contributed by atoms with van der Waals surface area (Å²) in [5.74, 6) is -1.56. The third kappa shape index (κ3) is 6.02. The molecule has 1 aromatic rings. The van der Waals surface area contributed by atoms with Crippen LogP contribution in [0, 0.1) is 5.92 Å². The molecule has 0 radical (unpaired) electrons. The Morgan fingerprint density at radius 3 is 2.42 bits per heavy atom. The van der Waals surface area contributed by atoms with E-state index >= 15 is 0 Å². The molecular weight excluding hydrogens is 441 g/mol. The normalized spacial score (nSPS) is 20.5. The molecule has 174 valence electrons. The molecule has 2 saturated heterocycles. The lowest BCUT2D eigenvalue weighted by molar-refractivity contribution is -0.192. The zero-order valence-corrected chi connectivity index (χ0v) is 18.3. The van der Waals surface area contributed by atoms with Crippen molar-refractivity contribution in [1.82, 2.24) is 9.80 Å². The summed E-state index contributed by atoms with van der Waals surface area (Å²) in [5.41, 5.74) is 0.598. The Morgan fingerprint density at radius 2 is 1.90 bits per heavy atom. The van der Waals surface area contributed by atoms with Crippen molar-refractivity contribution in [2.45, 2.75) is 24.6 Å². The topological polar surface area (TPSA) is 79.3 Å². The lowest BCUT2D eigenvalue weighted by Gasteiger charge is -2.58. The minimum Gasteiger partial charge on any atom is -0.497 e. The number of methoxy groups -OCH3 is 2. The van der Waals surface area contributed by atoms with Crippen LogP contribution >= 0.6 is 11.6 Å². The van der Waals surface area contributed by atoms with Gasteiger partial charge in [0.1, 0.15) is 5.75 Å². The zero-order valence-electron chi connectivity index (χ0n) is 17.5. The lowest BCUT2D eigenvalue weighted by Crippen LogP contribution is -2.72. The average molecular weight is 467 g/mol. The van der Waals surface area contributed by atoms with Crippen molar-refractivity contribution < 1.29 is 37.3 Å². The molecule has 2 fully saturated rings. The highest BCUT2D eigenvalue weighted by atomic mass is 35.5. The van der Waals surface area contributed by atoms with Crippen LogP contribution in [0.15, 0.2) is 18.2 Å². The van der Waals surface area contributed by atoms with E-state index in [2.05, 4.69) is 11.9 Å². The molecule has 1 N–H and O–H groups in total. The van der Waals surface area contributed by atoms with E-state index in [1.54, 1.807) is 32.4 Å². The average Bonchev–Trinajstić information content (AvgIpc) is 2.67. The second kappa shape index (κ2) is 10.1. The van der Waals surface area contributed by atoms with E-state index in [9.17, 15) is 18.0 Å². The molecule has 1 amide bonds. The number of carboxylic acids is 1. The number of alkyl halides is 3. The third-order valence-electron chi connectivity index (χ3n) is 5.66. The maximum atomic E-state index is 12.8. The first-order valence-corrected chi connectivity index (χ1v) is 9.94. The number of carboxylic acid groups (broad SMARTS) is 1. The summed E-state index contributed by atoms with van der Waals surface area (Å²) >= 11 is 6.21. The summed E-state index contributed by atoms with van der Waals surface area (Å²) in [6.07, 6.45) is -2.85. The molecule has 0 aromatic heterocycles. The van der Waals surface area contributed by atoms with Crippen molar-refractivity contribution in [1.29, 1.82) is 0 Å². The zero-order chi connectivity index (χ0) is 23.4. The number of aliphatic carboxylic acids is 1. The van der Waals surface area contributed by atoms with Crippen molar-refractivity contribution in [2.24, 2.45) is 5.92 Å². The number of hydrogen-bond donors (Lipinski definition) is 1. The van der Waals surface area contributed by atoms with Gasteiger partial charge in [-0.2, -0.15) is 13.2 Å². The van der Waals surface area contributed by atoms with Crippen molar-refractivity contribution in [2.75, 3.05) is 47.5 Å². The molecule has 3 rings (SSSR count). The number of ether oxygens (including phenoxy) is 2. The van der Waals surface area contributed by atoms with Crippen LogP contribution in [-0.4, -0.2) is 86.0 Å². The summed E-state index contributed by atoms with van der Waals surface area (Å²) in [6.45, 7) is 3.34. The maximum Gasteiger partial charge on any atom is 0.490 e. The molecule has 1 atom stereocenters. The minimum absolute atomic E-state index is 0.0215. The van der Waals surface area contributed by atoms with Crippen molar-refractivity contribution in [3.8, 4) is 5.75 Å². The summed E-state index contributed by atoms with van der Waals surface area (Å²) in [6, 6.07) is 5.19. The minimum atomic E-state index is -5.08. The molecule has 0 bridgehead atoms. The summed E-state index contributed by atoms with van der Waals surface area (Å²) in [5, 5.41) is 7.59. The molecule has 1 spiro atoms. The van der Waals surface area contributed by atoms with Gasteiger partial charge in [0.2, 0.25) is 0 Å². The number of benzene rings is 1. The van der Waals surface area contributed by atoms with Crippen molar-refractivity contribution >= 4 is 23.5 Å². The molecule has 31 heavy (non-hydrogen) atoms. The van der Waals surface area contributed by atoms with Gasteiger partial charge < -0.3 is 19.5 Å². The number of hydrogen-bond acceptors (Lipinski definition) is 5. The second-order valence-corrected chi connectivity index (χ2v) is 8.18. The van der Waals surface area contributed by atoms with Crippen LogP contribution < -0.4 is 4.74 Å². The standard InChI is InChI=1S/C18H25ClN2O3.C2HF3O2/c1-20-7-6-13(10-23-2)9-18(20)11-21(12-18)17(22)15-8-14(24-3)4-5-16(15)19;3-2(4,5)1(6)7/h4-5,8,13H,6-7,9-12H2,1-3H3;(H,6,7). The highest BCUT2D eigenvalue weighted by molar-refractivity contribution is 6.33. The quantitative estimate of drug-likeness (QED) is 0.734. The van der Waals surface area contributed by atoms with Gasteiger partial charge in [-0.15, -0.1) is 0 Å². The summed E-state index contributed by atoms with van der Waals surface area (Å²) < 4.78 is 42.3. The van der Waals surface area contributed by atoms with Gasteiger partial charge in [-0.1, -0.05) is 11.6 Å². The highest BCUT2D eigenvalue weighted by Crippen LogP contribution is 2.39. The van der Waals surface area contributed by atoms with Crippen LogP contribution in [0.4, 0.5) is 13.2 Å². The van der Waals surface area contributed by atoms with Gasteiger partial charge in [-0.05, 0) is 50.6 Å². The number of amides is 1. The predicted molar refractivity (Wildman–Crippen MR) is 108 cm³/mol. The monoisotopic (exact) mass is 466 g/mol. The molecule has 11 heteroatoms. The molecule has 0 saturated carbocycles. The fourth-order valence-corrected chi connectivity index (χ4v) is 4.13. The van der Waals surface area contributed by atoms with E-state index in [4.69, 9.17) is 31.0 Å². The van der Waals surface area contributed by atoms with Crippen molar-refractivity contribution in [3.63, 3.8) is 0 Å². The Hall–Kier alpha value is -2.04. The number of carbonyl (C=O) groups excluding carboxylic acids is 1. The highest BCUT2D eigenvalue weighted by Gasteiger charge is 2.51. The fraction of sp³-hybridized carbons (Fsp3) is 0.600. The van der Waals surface area contributed by atoms with E-state index in [1.807, 2.05) is 4.90 Å². The third-order valence-corrected chi connectivity index (χ3v) is 5.99. The first-order chi connectivity index (χ1) is 14.4. The summed E-state index contributed by atoms with van der Waals surface area (Å²) in [7, 11) is 5.50. The van der Waals surface area contributed by atoms with Gasteiger partial charge >= 0.3 is 12.1 Å². The Labute approximate surface area is 183 Å². The SMILES string of the molecule is COCC1CCN(C)C2(C1)CN(C(=O)c1cc(OC)ccc1Cl)C2.O=C(O)C(F)(F)F. The van der Waals surface area contributed by atoms with Crippen LogP contribution in [0.5, 0.6) is 5.75 Å². The van der Waals surface area contributed by atoms with E-state index < -0.39 is 12.1 Å². The molecule has 1 unspecified atom stereocenters. The number of halogens is 4. The van der Waals surface area contributed by atoms with Crippen LogP contribution in [0.2, 0.25) is 5.02 Å².